The molecule has 6 nitrogen and oxygen atoms in total. The van der Waals surface area contributed by atoms with Gasteiger partial charge in [-0.25, -0.2) is 5.84 Å². The molecule has 0 aliphatic heterocycles. The topological polar surface area (TPSA) is 77.9 Å². The number of nitrogens with two attached hydrogens (primary N) is 1. The fourth-order valence-corrected chi connectivity index (χ4v) is 2.06. The molecule has 2 aromatic heterocycles. The van der Waals surface area contributed by atoms with Crippen molar-refractivity contribution in [2.24, 2.45) is 12.9 Å². The Kier molecular flexibility index (Phi) is 3.20. The van der Waals surface area contributed by atoms with E-state index in [1.54, 1.807) is 21.4 Å². The molecule has 2 aromatic rings. The van der Waals surface area contributed by atoms with Crippen LogP contribution in [0.15, 0.2) is 23.0 Å². The van der Waals surface area contributed by atoms with Crippen molar-refractivity contribution >= 4 is 5.82 Å². The summed E-state index contributed by atoms with van der Waals surface area (Å²) in [4.78, 5) is 11.8. The zero-order valence-electron chi connectivity index (χ0n) is 10.8. The lowest BCUT2D eigenvalue weighted by atomic mass is 10.2. The Morgan fingerprint density at radius 3 is 2.72 bits per heavy atom. The first-order valence-corrected chi connectivity index (χ1v) is 5.70. The summed E-state index contributed by atoms with van der Waals surface area (Å²) in [6.07, 6.45) is 0. The normalized spacial score (nSPS) is 10.7. The van der Waals surface area contributed by atoms with Gasteiger partial charge in [0.2, 0.25) is 0 Å². The van der Waals surface area contributed by atoms with Crippen LogP contribution in [-0.2, 0) is 13.6 Å². The SMILES string of the molecule is Cc1nn(C)c(NN)c1Cn1c(C)cccc1=O. The van der Waals surface area contributed by atoms with E-state index in [4.69, 9.17) is 5.84 Å². The highest BCUT2D eigenvalue weighted by Crippen LogP contribution is 2.18. The number of aryl methyl sites for hydroxylation is 3. The van der Waals surface area contributed by atoms with E-state index in [1.807, 2.05) is 27.0 Å². The summed E-state index contributed by atoms with van der Waals surface area (Å²) in [5.41, 5.74) is 5.30. The van der Waals surface area contributed by atoms with E-state index >= 15 is 0 Å². The van der Waals surface area contributed by atoms with Crippen LogP contribution in [0, 0.1) is 13.8 Å². The van der Waals surface area contributed by atoms with Crippen molar-refractivity contribution in [3.8, 4) is 0 Å². The number of hydrogen-bond acceptors (Lipinski definition) is 4. The Morgan fingerprint density at radius 2 is 2.11 bits per heavy atom. The van der Waals surface area contributed by atoms with Gasteiger partial charge in [0.1, 0.15) is 5.82 Å². The minimum atomic E-state index is -0.0266. The molecular weight excluding hydrogens is 230 g/mol. The first-order valence-electron chi connectivity index (χ1n) is 5.70. The van der Waals surface area contributed by atoms with Gasteiger partial charge in [-0.1, -0.05) is 6.07 Å². The Bertz CT molecular complexity index is 626. The zero-order chi connectivity index (χ0) is 13.3. The number of nitrogens with zero attached hydrogens (tertiary/aromatic N) is 3. The van der Waals surface area contributed by atoms with E-state index in [0.29, 0.717) is 6.54 Å². The lowest BCUT2D eigenvalue weighted by Gasteiger charge is -2.10. The van der Waals surface area contributed by atoms with Crippen molar-refractivity contribution in [2.75, 3.05) is 5.43 Å². The van der Waals surface area contributed by atoms with Crippen LogP contribution in [0.5, 0.6) is 0 Å². The maximum Gasteiger partial charge on any atom is 0.251 e. The predicted octanol–water partition coefficient (Wildman–Crippen LogP) is 0.533. The summed E-state index contributed by atoms with van der Waals surface area (Å²) >= 11 is 0. The molecule has 96 valence electrons. The average Bonchev–Trinajstić information content (AvgIpc) is 2.58. The highest BCUT2D eigenvalue weighted by Gasteiger charge is 2.13. The Balaban J connectivity index is 2.50. The molecule has 6 heteroatoms. The van der Waals surface area contributed by atoms with E-state index in [-0.39, 0.29) is 5.56 Å². The minimum absolute atomic E-state index is 0.0266. The molecule has 0 aliphatic carbocycles. The fourth-order valence-electron chi connectivity index (χ4n) is 2.06. The van der Waals surface area contributed by atoms with Crippen molar-refractivity contribution in [2.45, 2.75) is 20.4 Å². The molecule has 0 radical (unpaired) electrons. The summed E-state index contributed by atoms with van der Waals surface area (Å²) in [7, 11) is 1.81. The van der Waals surface area contributed by atoms with Crippen LogP contribution in [-0.4, -0.2) is 14.3 Å². The van der Waals surface area contributed by atoms with Gasteiger partial charge in [0.25, 0.3) is 5.56 Å². The summed E-state index contributed by atoms with van der Waals surface area (Å²) in [5.74, 6) is 6.22. The molecule has 0 aliphatic rings. The maximum absolute atomic E-state index is 11.8. The van der Waals surface area contributed by atoms with Gasteiger partial charge in [-0.3, -0.25) is 9.48 Å². The third-order valence-corrected chi connectivity index (χ3v) is 3.07. The third-order valence-electron chi connectivity index (χ3n) is 3.07. The lowest BCUT2D eigenvalue weighted by Crippen LogP contribution is -2.22. The molecule has 2 rings (SSSR count). The van der Waals surface area contributed by atoms with E-state index in [9.17, 15) is 4.79 Å². The molecule has 0 aromatic carbocycles. The summed E-state index contributed by atoms with van der Waals surface area (Å²) in [6, 6.07) is 5.21. The highest BCUT2D eigenvalue weighted by atomic mass is 16.1. The van der Waals surface area contributed by atoms with Crippen LogP contribution in [0.25, 0.3) is 0 Å². The van der Waals surface area contributed by atoms with Crippen LogP contribution in [0.2, 0.25) is 0 Å². The molecule has 0 fully saturated rings. The van der Waals surface area contributed by atoms with Crippen LogP contribution in [0.1, 0.15) is 17.0 Å². The Hall–Kier alpha value is -2.08. The number of nitrogens with one attached hydrogen (secondary N) is 1. The second kappa shape index (κ2) is 4.66. The first-order chi connectivity index (χ1) is 8.54. The number of hydrazine groups is 1. The molecule has 0 amide bonds. The van der Waals surface area contributed by atoms with Gasteiger partial charge < -0.3 is 9.99 Å². The van der Waals surface area contributed by atoms with Crippen LogP contribution in [0.4, 0.5) is 5.82 Å². The number of hydrogen-bond donors (Lipinski definition) is 2. The first kappa shape index (κ1) is 12.4. The van der Waals surface area contributed by atoms with Crippen molar-refractivity contribution < 1.29 is 0 Å². The van der Waals surface area contributed by atoms with Crippen molar-refractivity contribution in [3.05, 3.63) is 45.5 Å². The van der Waals surface area contributed by atoms with Gasteiger partial charge in [-0.2, -0.15) is 5.10 Å². The largest absolute Gasteiger partial charge is 0.308 e. The van der Waals surface area contributed by atoms with Crippen molar-refractivity contribution in [1.29, 1.82) is 0 Å². The van der Waals surface area contributed by atoms with E-state index < -0.39 is 0 Å². The zero-order valence-corrected chi connectivity index (χ0v) is 10.8. The Labute approximate surface area is 105 Å². The molecule has 18 heavy (non-hydrogen) atoms. The minimum Gasteiger partial charge on any atom is -0.308 e. The van der Waals surface area contributed by atoms with Gasteiger partial charge in [-0.15, -0.1) is 0 Å². The van der Waals surface area contributed by atoms with Crippen molar-refractivity contribution in [3.63, 3.8) is 0 Å². The van der Waals surface area contributed by atoms with Gasteiger partial charge >= 0.3 is 0 Å². The highest BCUT2D eigenvalue weighted by molar-refractivity contribution is 5.46. The summed E-state index contributed by atoms with van der Waals surface area (Å²) in [6.45, 7) is 4.27. The molecule has 0 saturated heterocycles. The van der Waals surface area contributed by atoms with E-state index in [1.165, 1.54) is 0 Å². The van der Waals surface area contributed by atoms with Crippen LogP contribution >= 0.6 is 0 Å². The smallest absolute Gasteiger partial charge is 0.251 e. The standard InChI is InChI=1S/C12H17N5O/c1-8-5-4-6-11(18)17(8)7-10-9(2)15-16(3)12(10)14-13/h4-6,14H,7,13H2,1-3H3. The van der Waals surface area contributed by atoms with Gasteiger partial charge in [0.05, 0.1) is 12.2 Å². The summed E-state index contributed by atoms with van der Waals surface area (Å²) in [5, 5.41) is 4.30. The number of aromatic nitrogens is 3. The number of nitrogen functional groups attached to an aromatic ring is 1. The quantitative estimate of drug-likeness (QED) is 0.612. The second-order valence-electron chi connectivity index (χ2n) is 4.27. The summed E-state index contributed by atoms with van der Waals surface area (Å²) < 4.78 is 3.37. The predicted molar refractivity (Wildman–Crippen MR) is 70.3 cm³/mol. The number of anilines is 1. The van der Waals surface area contributed by atoms with E-state index in [0.717, 1.165) is 22.8 Å². The van der Waals surface area contributed by atoms with Crippen LogP contribution in [0.3, 0.4) is 0 Å². The Morgan fingerprint density at radius 1 is 1.39 bits per heavy atom. The molecule has 3 N–H and O–H groups in total. The lowest BCUT2D eigenvalue weighted by molar-refractivity contribution is 0.726. The third kappa shape index (κ3) is 2.02. The molecule has 0 unspecified atom stereocenters. The molecular formula is C12H17N5O. The van der Waals surface area contributed by atoms with Crippen molar-refractivity contribution in [1.82, 2.24) is 14.3 Å². The molecule has 0 atom stereocenters. The number of pyridine rings is 1. The molecule has 0 saturated carbocycles. The molecule has 0 spiro atoms. The van der Waals surface area contributed by atoms with Gasteiger partial charge in [0.15, 0.2) is 0 Å². The maximum atomic E-state index is 11.8. The second-order valence-corrected chi connectivity index (χ2v) is 4.27. The molecule has 2 heterocycles. The fraction of sp³-hybridized carbons (Fsp3) is 0.333. The van der Waals surface area contributed by atoms with Crippen LogP contribution < -0.4 is 16.8 Å². The monoisotopic (exact) mass is 247 g/mol. The average molecular weight is 247 g/mol. The van der Waals surface area contributed by atoms with Gasteiger partial charge in [0, 0.05) is 24.4 Å². The van der Waals surface area contributed by atoms with Gasteiger partial charge in [-0.05, 0) is 19.9 Å². The van der Waals surface area contributed by atoms with E-state index in [2.05, 4.69) is 10.5 Å². The molecule has 0 bridgehead atoms. The number of rotatable bonds is 3.